The van der Waals surface area contributed by atoms with Crippen LogP contribution in [0.4, 0.5) is 0 Å². The molecule has 2 N–H and O–H groups in total. The van der Waals surface area contributed by atoms with Gasteiger partial charge in [0.15, 0.2) is 5.96 Å². The molecule has 7 nitrogen and oxygen atoms in total. The van der Waals surface area contributed by atoms with Crippen LogP contribution in [0.2, 0.25) is 0 Å². The molecule has 1 aliphatic rings. The molecule has 0 saturated carbocycles. The third-order valence-corrected chi connectivity index (χ3v) is 4.05. The first-order valence-corrected chi connectivity index (χ1v) is 8.85. The van der Waals surface area contributed by atoms with Gasteiger partial charge in [-0.2, -0.15) is 5.10 Å². The molecular formula is C17H32IN5O2. The minimum atomic E-state index is 0. The van der Waals surface area contributed by atoms with E-state index in [4.69, 9.17) is 9.47 Å². The number of hydrogen-bond donors (Lipinski definition) is 2. The molecule has 1 aliphatic heterocycles. The molecule has 0 spiro atoms. The standard InChI is InChI=1S/C17H31N5O2.HI/c1-18-17(19-7-3-5-15-11-21-22(2)12-15)20-8-4-9-23-13-16-6-10-24-14-16;/h11-12,16H,3-10,13-14H2,1-2H3,(H2,18,19,20);1H. The van der Waals surface area contributed by atoms with Crippen LogP contribution >= 0.6 is 24.0 Å². The molecule has 0 radical (unpaired) electrons. The van der Waals surface area contributed by atoms with Gasteiger partial charge in [0.2, 0.25) is 0 Å². The number of guanidine groups is 1. The number of nitrogens with zero attached hydrogens (tertiary/aromatic N) is 3. The third kappa shape index (κ3) is 9.41. The van der Waals surface area contributed by atoms with Crippen molar-refractivity contribution in [3.05, 3.63) is 18.0 Å². The summed E-state index contributed by atoms with van der Waals surface area (Å²) in [5.41, 5.74) is 1.27. The van der Waals surface area contributed by atoms with Gasteiger partial charge in [0.1, 0.15) is 0 Å². The zero-order chi connectivity index (χ0) is 17.0. The topological polar surface area (TPSA) is 72.7 Å². The maximum Gasteiger partial charge on any atom is 0.190 e. The molecule has 0 bridgehead atoms. The van der Waals surface area contributed by atoms with Crippen molar-refractivity contribution in [1.82, 2.24) is 20.4 Å². The highest BCUT2D eigenvalue weighted by molar-refractivity contribution is 14.0. The molecule has 1 fully saturated rings. The summed E-state index contributed by atoms with van der Waals surface area (Å²) in [5.74, 6) is 1.44. The Morgan fingerprint density at radius 2 is 2.20 bits per heavy atom. The van der Waals surface area contributed by atoms with Crippen LogP contribution in [0.15, 0.2) is 17.4 Å². The van der Waals surface area contributed by atoms with Gasteiger partial charge < -0.3 is 20.1 Å². The summed E-state index contributed by atoms with van der Waals surface area (Å²) < 4.78 is 12.9. The molecule has 1 aromatic heterocycles. The van der Waals surface area contributed by atoms with Crippen LogP contribution in [0.5, 0.6) is 0 Å². The van der Waals surface area contributed by atoms with Crippen molar-refractivity contribution in [3.8, 4) is 0 Å². The lowest BCUT2D eigenvalue weighted by molar-refractivity contribution is 0.0888. The van der Waals surface area contributed by atoms with Crippen LogP contribution in [0.25, 0.3) is 0 Å². The van der Waals surface area contributed by atoms with Crippen molar-refractivity contribution < 1.29 is 9.47 Å². The highest BCUT2D eigenvalue weighted by Gasteiger charge is 2.15. The van der Waals surface area contributed by atoms with Crippen molar-refractivity contribution in [2.75, 3.05) is 46.6 Å². The van der Waals surface area contributed by atoms with Gasteiger partial charge in [-0.15, -0.1) is 24.0 Å². The quantitative estimate of drug-likeness (QED) is 0.238. The SMILES string of the molecule is CN=C(NCCCOCC1CCOC1)NCCCc1cnn(C)c1.I. The van der Waals surface area contributed by atoms with Crippen LogP contribution in [0.3, 0.4) is 0 Å². The Balaban J connectivity index is 0.00000312. The van der Waals surface area contributed by atoms with Crippen LogP contribution < -0.4 is 10.6 Å². The number of aromatic nitrogens is 2. The van der Waals surface area contributed by atoms with E-state index in [-0.39, 0.29) is 24.0 Å². The molecule has 1 saturated heterocycles. The van der Waals surface area contributed by atoms with E-state index in [1.54, 1.807) is 7.05 Å². The lowest BCUT2D eigenvalue weighted by Gasteiger charge is -2.12. The van der Waals surface area contributed by atoms with Crippen molar-refractivity contribution in [2.45, 2.75) is 25.7 Å². The minimum absolute atomic E-state index is 0. The third-order valence-electron chi connectivity index (χ3n) is 4.05. The maximum atomic E-state index is 5.69. The number of halogens is 1. The highest BCUT2D eigenvalue weighted by atomic mass is 127. The average Bonchev–Trinajstić information content (AvgIpc) is 3.24. The number of rotatable bonds is 10. The van der Waals surface area contributed by atoms with Crippen molar-refractivity contribution in [2.24, 2.45) is 18.0 Å². The number of nitrogens with one attached hydrogen (secondary N) is 2. The van der Waals surface area contributed by atoms with E-state index in [9.17, 15) is 0 Å². The van der Waals surface area contributed by atoms with Crippen molar-refractivity contribution in [3.63, 3.8) is 0 Å². The highest BCUT2D eigenvalue weighted by Crippen LogP contribution is 2.12. The maximum absolute atomic E-state index is 5.69. The molecule has 2 heterocycles. The first kappa shape index (κ1) is 22.2. The summed E-state index contributed by atoms with van der Waals surface area (Å²) in [4.78, 5) is 4.24. The summed E-state index contributed by atoms with van der Waals surface area (Å²) >= 11 is 0. The second-order valence-corrected chi connectivity index (χ2v) is 6.21. The largest absolute Gasteiger partial charge is 0.381 e. The van der Waals surface area contributed by atoms with E-state index >= 15 is 0 Å². The second-order valence-electron chi connectivity index (χ2n) is 6.21. The second kappa shape index (κ2) is 13.3. The van der Waals surface area contributed by atoms with Crippen molar-refractivity contribution >= 4 is 29.9 Å². The molecule has 25 heavy (non-hydrogen) atoms. The summed E-state index contributed by atoms with van der Waals surface area (Å²) in [5, 5.41) is 10.8. The van der Waals surface area contributed by atoms with Crippen molar-refractivity contribution in [1.29, 1.82) is 0 Å². The Morgan fingerprint density at radius 1 is 1.40 bits per heavy atom. The molecular weight excluding hydrogens is 433 g/mol. The predicted octanol–water partition coefficient (Wildman–Crippen LogP) is 1.58. The molecule has 144 valence electrons. The van der Waals surface area contributed by atoms with Crippen LogP contribution in [0.1, 0.15) is 24.8 Å². The Labute approximate surface area is 168 Å². The van der Waals surface area contributed by atoms with Gasteiger partial charge in [-0.3, -0.25) is 9.67 Å². The van der Waals surface area contributed by atoms with Crippen LogP contribution in [-0.2, 0) is 22.9 Å². The average molecular weight is 465 g/mol. The predicted molar refractivity (Wildman–Crippen MR) is 111 cm³/mol. The zero-order valence-corrected chi connectivity index (χ0v) is 17.7. The Hall–Kier alpha value is -0.870. The van der Waals surface area contributed by atoms with Gasteiger partial charge in [0.25, 0.3) is 0 Å². The first-order valence-electron chi connectivity index (χ1n) is 8.85. The molecule has 0 aromatic carbocycles. The normalized spacial score (nSPS) is 17.4. The van der Waals surface area contributed by atoms with Crippen LogP contribution in [-0.4, -0.2) is 62.3 Å². The molecule has 2 rings (SSSR count). The monoisotopic (exact) mass is 465 g/mol. The van der Waals surface area contributed by atoms with Gasteiger partial charge in [-0.05, 0) is 31.2 Å². The van der Waals surface area contributed by atoms with Gasteiger partial charge in [-0.25, -0.2) is 0 Å². The van der Waals surface area contributed by atoms with E-state index in [1.165, 1.54) is 5.56 Å². The molecule has 0 amide bonds. The fourth-order valence-electron chi connectivity index (χ4n) is 2.67. The number of ether oxygens (including phenoxy) is 2. The summed E-state index contributed by atoms with van der Waals surface area (Å²) in [6.07, 6.45) is 8.17. The van der Waals surface area contributed by atoms with E-state index in [0.29, 0.717) is 5.92 Å². The first-order chi connectivity index (χ1) is 11.8. The molecule has 1 atom stereocenters. The Morgan fingerprint density at radius 3 is 2.84 bits per heavy atom. The Kier molecular flexibility index (Phi) is 11.8. The number of aliphatic imine (C=N–C) groups is 1. The van der Waals surface area contributed by atoms with Gasteiger partial charge in [0.05, 0.1) is 19.4 Å². The minimum Gasteiger partial charge on any atom is -0.381 e. The lowest BCUT2D eigenvalue weighted by Crippen LogP contribution is -2.38. The van der Waals surface area contributed by atoms with Gasteiger partial charge in [0, 0.05) is 52.5 Å². The Bertz CT molecular complexity index is 489. The van der Waals surface area contributed by atoms with E-state index < -0.39 is 0 Å². The summed E-state index contributed by atoms with van der Waals surface area (Å²) in [6, 6.07) is 0. The van der Waals surface area contributed by atoms with E-state index in [2.05, 4.69) is 26.9 Å². The van der Waals surface area contributed by atoms with Gasteiger partial charge >= 0.3 is 0 Å². The fraction of sp³-hybridized carbons (Fsp3) is 0.765. The lowest BCUT2D eigenvalue weighted by atomic mass is 10.1. The van der Waals surface area contributed by atoms with E-state index in [1.807, 2.05) is 17.9 Å². The molecule has 0 aliphatic carbocycles. The smallest absolute Gasteiger partial charge is 0.190 e. The van der Waals surface area contributed by atoms with Gasteiger partial charge in [-0.1, -0.05) is 0 Å². The summed E-state index contributed by atoms with van der Waals surface area (Å²) in [6.45, 7) is 5.10. The molecule has 8 heteroatoms. The number of aryl methyl sites for hydroxylation is 2. The zero-order valence-electron chi connectivity index (χ0n) is 15.4. The fourth-order valence-corrected chi connectivity index (χ4v) is 2.67. The molecule has 1 aromatic rings. The van der Waals surface area contributed by atoms with Crippen LogP contribution in [0, 0.1) is 5.92 Å². The summed E-state index contributed by atoms with van der Waals surface area (Å²) in [7, 11) is 3.74. The molecule has 1 unspecified atom stereocenters. The van der Waals surface area contributed by atoms with E-state index in [0.717, 1.165) is 71.2 Å². The number of hydrogen-bond acceptors (Lipinski definition) is 4.